The van der Waals surface area contributed by atoms with Gasteiger partial charge in [0.25, 0.3) is 0 Å². The van der Waals surface area contributed by atoms with Gasteiger partial charge in [0.1, 0.15) is 0 Å². The smallest absolute Gasteiger partial charge is 0.0749 e. The number of piperazine rings is 1. The molecule has 0 bridgehead atoms. The molecular weight excluding hydrogens is 224 g/mol. The summed E-state index contributed by atoms with van der Waals surface area (Å²) < 4.78 is 5.50. The van der Waals surface area contributed by atoms with Gasteiger partial charge in [0.2, 0.25) is 0 Å². The minimum atomic E-state index is -0.0203. The van der Waals surface area contributed by atoms with E-state index in [0.29, 0.717) is 5.41 Å². The number of hydrogen-bond donors (Lipinski definition) is 0. The van der Waals surface area contributed by atoms with E-state index in [1.807, 2.05) is 0 Å². The fourth-order valence-electron chi connectivity index (χ4n) is 2.27. The van der Waals surface area contributed by atoms with E-state index >= 15 is 0 Å². The van der Waals surface area contributed by atoms with Gasteiger partial charge in [-0.15, -0.1) is 0 Å². The molecule has 1 fully saturated rings. The summed E-state index contributed by atoms with van der Waals surface area (Å²) in [7, 11) is 1.81. The number of rotatable bonds is 5. The summed E-state index contributed by atoms with van der Waals surface area (Å²) in [5.41, 5.74) is 0.433. The van der Waals surface area contributed by atoms with Crippen molar-refractivity contribution >= 4 is 0 Å². The molecule has 1 rings (SSSR count). The van der Waals surface area contributed by atoms with Gasteiger partial charge in [0, 0.05) is 39.8 Å². The molecule has 0 unspecified atom stereocenters. The van der Waals surface area contributed by atoms with E-state index < -0.39 is 0 Å². The summed E-state index contributed by atoms with van der Waals surface area (Å²) in [6.45, 7) is 18.3. The average molecular weight is 256 g/mol. The summed E-state index contributed by atoms with van der Waals surface area (Å²) in [4.78, 5) is 5.12. The van der Waals surface area contributed by atoms with Crippen molar-refractivity contribution in [2.45, 2.75) is 46.6 Å². The van der Waals surface area contributed by atoms with Crippen molar-refractivity contribution < 1.29 is 4.74 Å². The second-order valence-electron chi connectivity index (χ2n) is 7.39. The highest BCUT2D eigenvalue weighted by atomic mass is 16.5. The molecule has 1 saturated heterocycles. The third-order valence-electron chi connectivity index (χ3n) is 3.80. The van der Waals surface area contributed by atoms with Crippen LogP contribution in [-0.4, -0.2) is 61.8 Å². The van der Waals surface area contributed by atoms with Crippen LogP contribution in [0.1, 0.15) is 41.0 Å². The first-order valence-electron chi connectivity index (χ1n) is 7.22. The Morgan fingerprint density at radius 3 is 1.83 bits per heavy atom. The summed E-state index contributed by atoms with van der Waals surface area (Å²) in [5, 5.41) is 0. The lowest BCUT2D eigenvalue weighted by Gasteiger charge is -2.39. The van der Waals surface area contributed by atoms with Gasteiger partial charge in [-0.3, -0.25) is 4.90 Å². The number of hydrogen-bond acceptors (Lipinski definition) is 3. The zero-order valence-corrected chi connectivity index (χ0v) is 13.3. The molecule has 1 aliphatic rings. The van der Waals surface area contributed by atoms with Crippen molar-refractivity contribution in [3.05, 3.63) is 0 Å². The van der Waals surface area contributed by atoms with E-state index in [1.165, 1.54) is 39.1 Å². The first kappa shape index (κ1) is 15.9. The lowest BCUT2D eigenvalue weighted by atomic mass is 9.92. The maximum atomic E-state index is 5.50. The van der Waals surface area contributed by atoms with Crippen molar-refractivity contribution in [3.8, 4) is 0 Å². The molecule has 18 heavy (non-hydrogen) atoms. The molecule has 0 saturated carbocycles. The topological polar surface area (TPSA) is 15.7 Å². The Hall–Kier alpha value is -0.120. The molecule has 3 nitrogen and oxygen atoms in total. The minimum Gasteiger partial charge on any atom is -0.377 e. The third kappa shape index (κ3) is 6.17. The van der Waals surface area contributed by atoms with Crippen LogP contribution in [0.15, 0.2) is 0 Å². The fourth-order valence-corrected chi connectivity index (χ4v) is 2.27. The standard InChI is InChI=1S/C15H32N2O/c1-14(2,3)7-8-16-9-11-17(12-10-16)13-15(4,5)18-6/h7-13H2,1-6H3. The maximum absolute atomic E-state index is 5.50. The molecule has 0 atom stereocenters. The summed E-state index contributed by atoms with van der Waals surface area (Å²) >= 11 is 0. The predicted octanol–water partition coefficient (Wildman–Crippen LogP) is 2.47. The normalized spacial score (nSPS) is 20.3. The highest BCUT2D eigenvalue weighted by molar-refractivity contribution is 4.79. The van der Waals surface area contributed by atoms with Gasteiger partial charge >= 0.3 is 0 Å². The molecule has 0 N–H and O–H groups in total. The molecule has 3 heteroatoms. The van der Waals surface area contributed by atoms with Gasteiger partial charge in [-0.2, -0.15) is 0 Å². The van der Waals surface area contributed by atoms with E-state index in [4.69, 9.17) is 4.74 Å². The van der Waals surface area contributed by atoms with Crippen molar-refractivity contribution in [1.29, 1.82) is 0 Å². The second kappa shape index (κ2) is 6.36. The van der Waals surface area contributed by atoms with Gasteiger partial charge < -0.3 is 9.64 Å². The first-order valence-corrected chi connectivity index (χ1v) is 7.22. The average Bonchev–Trinajstić information content (AvgIpc) is 2.27. The Labute approximate surface area is 113 Å². The largest absolute Gasteiger partial charge is 0.377 e. The van der Waals surface area contributed by atoms with Crippen molar-refractivity contribution in [2.75, 3.05) is 46.4 Å². The monoisotopic (exact) mass is 256 g/mol. The van der Waals surface area contributed by atoms with Crippen LogP contribution < -0.4 is 0 Å². The predicted molar refractivity (Wildman–Crippen MR) is 78.0 cm³/mol. The van der Waals surface area contributed by atoms with Crippen molar-refractivity contribution in [1.82, 2.24) is 9.80 Å². The van der Waals surface area contributed by atoms with Crippen LogP contribution in [0.3, 0.4) is 0 Å². The highest BCUT2D eigenvalue weighted by Crippen LogP contribution is 2.19. The van der Waals surface area contributed by atoms with Gasteiger partial charge in [-0.25, -0.2) is 0 Å². The van der Waals surface area contributed by atoms with Crippen LogP contribution in [0, 0.1) is 5.41 Å². The van der Waals surface area contributed by atoms with Gasteiger partial charge in [0.05, 0.1) is 5.60 Å². The quantitative estimate of drug-likeness (QED) is 0.751. The zero-order valence-electron chi connectivity index (χ0n) is 13.3. The zero-order chi connectivity index (χ0) is 13.8. The SMILES string of the molecule is COC(C)(C)CN1CCN(CCC(C)(C)C)CC1. The van der Waals surface area contributed by atoms with Crippen LogP contribution in [0.25, 0.3) is 0 Å². The van der Waals surface area contributed by atoms with Crippen molar-refractivity contribution in [2.24, 2.45) is 5.41 Å². The Kier molecular flexibility index (Phi) is 5.63. The molecule has 0 aliphatic carbocycles. The van der Waals surface area contributed by atoms with Crippen LogP contribution in [0.4, 0.5) is 0 Å². The lowest BCUT2D eigenvalue weighted by Crippen LogP contribution is -2.51. The first-order chi connectivity index (χ1) is 8.22. The summed E-state index contributed by atoms with van der Waals surface area (Å²) in [5.74, 6) is 0. The lowest BCUT2D eigenvalue weighted by molar-refractivity contribution is -0.0185. The van der Waals surface area contributed by atoms with Crippen molar-refractivity contribution in [3.63, 3.8) is 0 Å². The Bertz CT molecular complexity index is 237. The van der Waals surface area contributed by atoms with E-state index in [9.17, 15) is 0 Å². The molecule has 0 spiro atoms. The second-order valence-corrected chi connectivity index (χ2v) is 7.39. The van der Waals surface area contributed by atoms with Crippen LogP contribution in [0.2, 0.25) is 0 Å². The van der Waals surface area contributed by atoms with Gasteiger partial charge in [-0.05, 0) is 32.2 Å². The van der Waals surface area contributed by atoms with E-state index in [2.05, 4.69) is 44.4 Å². The molecule has 0 amide bonds. The van der Waals surface area contributed by atoms with E-state index in [-0.39, 0.29) is 5.60 Å². The van der Waals surface area contributed by atoms with Gasteiger partial charge in [0.15, 0.2) is 0 Å². The Morgan fingerprint density at radius 2 is 1.39 bits per heavy atom. The molecule has 0 radical (unpaired) electrons. The van der Waals surface area contributed by atoms with Gasteiger partial charge in [-0.1, -0.05) is 20.8 Å². The molecule has 1 heterocycles. The van der Waals surface area contributed by atoms with Crippen LogP contribution in [0.5, 0.6) is 0 Å². The molecule has 108 valence electrons. The number of nitrogens with zero attached hydrogens (tertiary/aromatic N) is 2. The molecular formula is C15H32N2O. The number of ether oxygens (including phenoxy) is 1. The molecule has 0 aromatic heterocycles. The summed E-state index contributed by atoms with van der Waals surface area (Å²) in [6, 6.07) is 0. The van der Waals surface area contributed by atoms with Crippen LogP contribution in [-0.2, 0) is 4.74 Å². The summed E-state index contributed by atoms with van der Waals surface area (Å²) in [6.07, 6.45) is 1.29. The Morgan fingerprint density at radius 1 is 0.889 bits per heavy atom. The highest BCUT2D eigenvalue weighted by Gasteiger charge is 2.24. The third-order valence-corrected chi connectivity index (χ3v) is 3.80. The Balaban J connectivity index is 2.25. The minimum absolute atomic E-state index is 0.0203. The number of methoxy groups -OCH3 is 1. The molecule has 1 aliphatic heterocycles. The fraction of sp³-hybridized carbons (Fsp3) is 1.00. The molecule has 0 aromatic rings. The maximum Gasteiger partial charge on any atom is 0.0749 e. The van der Waals surface area contributed by atoms with Crippen LogP contribution >= 0.6 is 0 Å². The molecule has 0 aromatic carbocycles. The van der Waals surface area contributed by atoms with E-state index in [0.717, 1.165) is 6.54 Å². The van der Waals surface area contributed by atoms with E-state index in [1.54, 1.807) is 7.11 Å².